The Kier molecular flexibility index (Phi) is 7.00. The summed E-state index contributed by atoms with van der Waals surface area (Å²) in [6, 6.07) is 12.1. The van der Waals surface area contributed by atoms with E-state index < -0.39 is 36.8 Å². The van der Waals surface area contributed by atoms with Crippen LogP contribution in [-0.2, 0) is 16.8 Å². The molecule has 1 fully saturated rings. The molecule has 0 spiro atoms. The average molecular weight is 432 g/mol. The Bertz CT molecular complexity index is 912. The van der Waals surface area contributed by atoms with Gasteiger partial charge in [0.05, 0.1) is 20.8 Å². The standard InChI is InChI=1S/C23H28O8/c1-13(15-6-9-17(29-2)18(11-15)30-3)10-14-4-7-16(8-5-14)23(28)20(25)19(12-24)31-22(27)21(23)26/h4-9,11,19-22,24-28H,1,10,12H2,2-3H3/t19-,20+,21+,22?,23+/m1/s1. The maximum absolute atomic E-state index is 11.0. The predicted octanol–water partition coefficient (Wildman–Crippen LogP) is 0.579. The number of aliphatic hydroxyl groups is 5. The van der Waals surface area contributed by atoms with Gasteiger partial charge in [-0.05, 0) is 40.8 Å². The SMILES string of the molecule is C=C(Cc1ccc([C@@]2(O)[C@@H](O)C(O)O[C@H](CO)[C@@H]2O)cc1)c1ccc(OC)c(OC)c1. The van der Waals surface area contributed by atoms with Crippen molar-refractivity contribution in [1.82, 2.24) is 0 Å². The van der Waals surface area contributed by atoms with E-state index in [1.54, 1.807) is 44.6 Å². The van der Waals surface area contributed by atoms with E-state index in [9.17, 15) is 25.5 Å². The second-order valence-corrected chi connectivity index (χ2v) is 7.51. The quantitative estimate of drug-likeness (QED) is 0.430. The minimum absolute atomic E-state index is 0.189. The Hall–Kier alpha value is -2.46. The van der Waals surface area contributed by atoms with Gasteiger partial charge in [-0.1, -0.05) is 36.9 Å². The molecule has 1 saturated heterocycles. The Labute approximate surface area is 180 Å². The first-order valence-corrected chi connectivity index (χ1v) is 9.78. The molecule has 5 atom stereocenters. The summed E-state index contributed by atoms with van der Waals surface area (Å²) < 4.78 is 15.5. The maximum atomic E-state index is 11.0. The minimum Gasteiger partial charge on any atom is -0.493 e. The first-order chi connectivity index (χ1) is 14.8. The average Bonchev–Trinajstić information content (AvgIpc) is 2.79. The van der Waals surface area contributed by atoms with Crippen molar-refractivity contribution in [1.29, 1.82) is 0 Å². The largest absolute Gasteiger partial charge is 0.493 e. The second-order valence-electron chi connectivity index (χ2n) is 7.51. The Morgan fingerprint density at radius 3 is 2.23 bits per heavy atom. The van der Waals surface area contributed by atoms with Crippen LogP contribution in [0.5, 0.6) is 11.5 Å². The van der Waals surface area contributed by atoms with Gasteiger partial charge in [-0.25, -0.2) is 0 Å². The molecular weight excluding hydrogens is 404 g/mol. The zero-order valence-corrected chi connectivity index (χ0v) is 17.4. The number of rotatable bonds is 7. The van der Waals surface area contributed by atoms with Crippen molar-refractivity contribution in [2.24, 2.45) is 0 Å². The van der Waals surface area contributed by atoms with Gasteiger partial charge in [0.25, 0.3) is 0 Å². The summed E-state index contributed by atoms with van der Waals surface area (Å²) in [4.78, 5) is 0. The summed E-state index contributed by atoms with van der Waals surface area (Å²) in [6.45, 7) is 3.50. The summed E-state index contributed by atoms with van der Waals surface area (Å²) in [7, 11) is 3.13. The van der Waals surface area contributed by atoms with Crippen molar-refractivity contribution in [3.63, 3.8) is 0 Å². The smallest absolute Gasteiger partial charge is 0.184 e. The number of aliphatic hydroxyl groups excluding tert-OH is 4. The van der Waals surface area contributed by atoms with Crippen molar-refractivity contribution in [3.8, 4) is 11.5 Å². The van der Waals surface area contributed by atoms with Gasteiger partial charge in [0.1, 0.15) is 23.9 Å². The van der Waals surface area contributed by atoms with Crippen LogP contribution in [0.1, 0.15) is 16.7 Å². The van der Waals surface area contributed by atoms with Gasteiger partial charge in [0.15, 0.2) is 17.8 Å². The molecule has 0 radical (unpaired) electrons. The number of ether oxygens (including phenoxy) is 3. The lowest BCUT2D eigenvalue weighted by Gasteiger charge is -2.46. The summed E-state index contributed by atoms with van der Waals surface area (Å²) in [5.41, 5.74) is 0.569. The molecule has 8 heteroatoms. The van der Waals surface area contributed by atoms with Crippen LogP contribution in [0, 0.1) is 0 Å². The zero-order chi connectivity index (χ0) is 22.8. The number of allylic oxidation sites excluding steroid dienone is 1. The number of methoxy groups -OCH3 is 2. The maximum Gasteiger partial charge on any atom is 0.184 e. The summed E-state index contributed by atoms with van der Waals surface area (Å²) in [5.74, 6) is 1.21. The topological polar surface area (TPSA) is 129 Å². The van der Waals surface area contributed by atoms with Crippen LogP contribution in [0.4, 0.5) is 0 Å². The van der Waals surface area contributed by atoms with E-state index in [4.69, 9.17) is 14.2 Å². The van der Waals surface area contributed by atoms with Gasteiger partial charge in [-0.3, -0.25) is 0 Å². The van der Waals surface area contributed by atoms with Crippen molar-refractivity contribution in [3.05, 3.63) is 65.7 Å². The van der Waals surface area contributed by atoms with Crippen LogP contribution in [0.3, 0.4) is 0 Å². The molecule has 0 amide bonds. The third-order valence-corrected chi connectivity index (χ3v) is 5.64. The van der Waals surface area contributed by atoms with Gasteiger partial charge in [0.2, 0.25) is 0 Å². The molecule has 0 aromatic heterocycles. The van der Waals surface area contributed by atoms with Gasteiger partial charge in [-0.15, -0.1) is 0 Å². The molecule has 5 N–H and O–H groups in total. The van der Waals surface area contributed by atoms with Crippen LogP contribution < -0.4 is 9.47 Å². The predicted molar refractivity (Wildman–Crippen MR) is 113 cm³/mol. The molecule has 0 saturated carbocycles. The van der Waals surface area contributed by atoms with Crippen LogP contribution in [0.25, 0.3) is 5.57 Å². The van der Waals surface area contributed by atoms with Crippen molar-refractivity contribution in [2.45, 2.75) is 36.6 Å². The fraction of sp³-hybridized carbons (Fsp3) is 0.391. The van der Waals surface area contributed by atoms with E-state index in [0.717, 1.165) is 16.7 Å². The highest BCUT2D eigenvalue weighted by Gasteiger charge is 2.55. The number of hydrogen-bond donors (Lipinski definition) is 5. The Morgan fingerprint density at radius 2 is 1.65 bits per heavy atom. The molecule has 168 valence electrons. The van der Waals surface area contributed by atoms with E-state index in [2.05, 4.69) is 6.58 Å². The van der Waals surface area contributed by atoms with Crippen molar-refractivity contribution >= 4 is 5.57 Å². The zero-order valence-electron chi connectivity index (χ0n) is 17.4. The summed E-state index contributed by atoms with van der Waals surface area (Å²) in [6.07, 6.45) is -5.92. The highest BCUT2D eigenvalue weighted by Crippen LogP contribution is 2.38. The monoisotopic (exact) mass is 432 g/mol. The Morgan fingerprint density at radius 1 is 1.00 bits per heavy atom. The molecule has 1 unspecified atom stereocenters. The number of hydrogen-bond acceptors (Lipinski definition) is 8. The van der Waals surface area contributed by atoms with Gasteiger partial charge in [-0.2, -0.15) is 0 Å². The van der Waals surface area contributed by atoms with E-state index >= 15 is 0 Å². The van der Waals surface area contributed by atoms with E-state index in [-0.39, 0.29) is 5.56 Å². The first-order valence-electron chi connectivity index (χ1n) is 9.78. The third-order valence-electron chi connectivity index (χ3n) is 5.64. The lowest BCUT2D eigenvalue weighted by molar-refractivity contribution is -0.326. The van der Waals surface area contributed by atoms with E-state index in [1.165, 1.54) is 0 Å². The van der Waals surface area contributed by atoms with Crippen molar-refractivity contribution < 1.29 is 39.7 Å². The van der Waals surface area contributed by atoms with Crippen LogP contribution in [0.2, 0.25) is 0 Å². The van der Waals surface area contributed by atoms with Crippen LogP contribution in [0.15, 0.2) is 49.0 Å². The van der Waals surface area contributed by atoms with Gasteiger partial charge in [0, 0.05) is 0 Å². The molecule has 0 aliphatic carbocycles. The molecule has 8 nitrogen and oxygen atoms in total. The fourth-order valence-electron chi connectivity index (χ4n) is 3.78. The van der Waals surface area contributed by atoms with Crippen LogP contribution >= 0.6 is 0 Å². The molecule has 0 bridgehead atoms. The lowest BCUT2D eigenvalue weighted by atomic mass is 9.78. The molecule has 2 aromatic carbocycles. The lowest BCUT2D eigenvalue weighted by Crippen LogP contribution is -2.65. The van der Waals surface area contributed by atoms with Gasteiger partial charge >= 0.3 is 0 Å². The minimum atomic E-state index is -2.20. The highest BCUT2D eigenvalue weighted by atomic mass is 16.6. The Balaban J connectivity index is 1.80. The van der Waals surface area contributed by atoms with E-state index in [0.29, 0.717) is 17.9 Å². The molecule has 1 aliphatic heterocycles. The second kappa shape index (κ2) is 9.35. The molecule has 1 aliphatic rings. The molecule has 1 heterocycles. The van der Waals surface area contributed by atoms with Crippen LogP contribution in [-0.4, -0.2) is 71.0 Å². The van der Waals surface area contributed by atoms with Crippen molar-refractivity contribution in [2.75, 3.05) is 20.8 Å². The first kappa shape index (κ1) is 23.2. The fourth-order valence-corrected chi connectivity index (χ4v) is 3.78. The number of benzene rings is 2. The molecule has 31 heavy (non-hydrogen) atoms. The third kappa shape index (κ3) is 4.31. The normalized spacial score (nSPS) is 28.2. The molecule has 3 rings (SSSR count). The summed E-state index contributed by atoms with van der Waals surface area (Å²) >= 11 is 0. The van der Waals surface area contributed by atoms with E-state index in [1.807, 2.05) is 12.1 Å². The van der Waals surface area contributed by atoms with Gasteiger partial charge < -0.3 is 39.7 Å². The molecular formula is C23H28O8. The molecule has 2 aromatic rings. The summed E-state index contributed by atoms with van der Waals surface area (Å²) in [5, 5.41) is 51.0. The highest BCUT2D eigenvalue weighted by molar-refractivity contribution is 5.68.